The maximum atomic E-state index is 12.5. The first-order chi connectivity index (χ1) is 9.89. The van der Waals surface area contributed by atoms with Crippen molar-refractivity contribution in [2.45, 2.75) is 17.1 Å². The summed E-state index contributed by atoms with van der Waals surface area (Å²) in [6.45, 7) is 3.07. The number of hydrogen-bond acceptors (Lipinski definition) is 4. The molecule has 0 radical (unpaired) electrons. The van der Waals surface area contributed by atoms with Gasteiger partial charge in [0, 0.05) is 30.2 Å². The first kappa shape index (κ1) is 16.1. The number of carboxylic acid groups (broad SMARTS) is 1. The number of carboxylic acids is 1. The summed E-state index contributed by atoms with van der Waals surface area (Å²) in [5.74, 6) is -0.230. The molecule has 1 unspecified atom stereocenters. The van der Waals surface area contributed by atoms with Gasteiger partial charge in [-0.25, -0.2) is 13.2 Å². The van der Waals surface area contributed by atoms with Gasteiger partial charge in [-0.1, -0.05) is 19.1 Å². The molecule has 5 nitrogen and oxygen atoms in total. The van der Waals surface area contributed by atoms with Crippen LogP contribution >= 0.6 is 11.8 Å². The molecule has 1 atom stereocenters. The lowest BCUT2D eigenvalue weighted by Gasteiger charge is -2.29. The second-order valence-electron chi connectivity index (χ2n) is 4.79. The monoisotopic (exact) mass is 327 g/mol. The smallest absolute Gasteiger partial charge is 0.328 e. The highest BCUT2D eigenvalue weighted by atomic mass is 32.2. The third kappa shape index (κ3) is 4.09. The Morgan fingerprint density at radius 2 is 2.05 bits per heavy atom. The first-order valence-corrected chi connectivity index (χ1v) is 9.01. The molecule has 114 valence electrons. The average molecular weight is 327 g/mol. The summed E-state index contributed by atoms with van der Waals surface area (Å²) in [6.07, 6.45) is 2.45. The molecule has 0 aliphatic carbocycles. The molecule has 1 fully saturated rings. The highest BCUT2D eigenvalue weighted by Crippen LogP contribution is 2.24. The van der Waals surface area contributed by atoms with Gasteiger partial charge in [0.25, 0.3) is 0 Å². The van der Waals surface area contributed by atoms with Crippen molar-refractivity contribution in [1.82, 2.24) is 4.31 Å². The second-order valence-corrected chi connectivity index (χ2v) is 8.27. The Balaban J connectivity index is 2.19. The molecule has 1 aromatic carbocycles. The Morgan fingerprint density at radius 3 is 2.62 bits per heavy atom. The fourth-order valence-electron chi connectivity index (χ4n) is 2.07. The molecule has 1 saturated heterocycles. The fourth-order valence-corrected chi connectivity index (χ4v) is 4.83. The first-order valence-electron chi connectivity index (χ1n) is 6.52. The maximum Gasteiger partial charge on any atom is 0.328 e. The van der Waals surface area contributed by atoms with E-state index in [9.17, 15) is 13.2 Å². The van der Waals surface area contributed by atoms with E-state index in [-0.39, 0.29) is 4.90 Å². The van der Waals surface area contributed by atoms with Crippen LogP contribution in [0.15, 0.2) is 35.2 Å². The van der Waals surface area contributed by atoms with Gasteiger partial charge >= 0.3 is 5.97 Å². The molecule has 1 aliphatic heterocycles. The van der Waals surface area contributed by atoms with E-state index >= 15 is 0 Å². The van der Waals surface area contributed by atoms with Gasteiger partial charge in [0.15, 0.2) is 0 Å². The molecule has 0 amide bonds. The Bertz CT molecular complexity index is 637. The van der Waals surface area contributed by atoms with Crippen LogP contribution in [0.3, 0.4) is 0 Å². The number of benzene rings is 1. The summed E-state index contributed by atoms with van der Waals surface area (Å²) in [6, 6.07) is 6.25. The molecule has 0 saturated carbocycles. The largest absolute Gasteiger partial charge is 0.478 e. The summed E-state index contributed by atoms with van der Waals surface area (Å²) in [5.41, 5.74) is 0.652. The minimum Gasteiger partial charge on any atom is -0.478 e. The van der Waals surface area contributed by atoms with E-state index in [2.05, 4.69) is 0 Å². The molecular weight excluding hydrogens is 310 g/mol. The SMILES string of the molecule is CC1CN(S(=O)(=O)c2ccc(/C=C/C(=O)O)cc2)CCS1. The molecule has 21 heavy (non-hydrogen) atoms. The molecule has 1 heterocycles. The van der Waals surface area contributed by atoms with Crippen molar-refractivity contribution < 1.29 is 18.3 Å². The van der Waals surface area contributed by atoms with Crippen LogP contribution in [0.5, 0.6) is 0 Å². The van der Waals surface area contributed by atoms with E-state index in [1.54, 1.807) is 23.9 Å². The number of nitrogens with zero attached hydrogens (tertiary/aromatic N) is 1. The van der Waals surface area contributed by atoms with Gasteiger partial charge < -0.3 is 5.11 Å². The summed E-state index contributed by atoms with van der Waals surface area (Å²) in [5, 5.41) is 8.86. The van der Waals surface area contributed by atoms with Crippen molar-refractivity contribution in [3.63, 3.8) is 0 Å². The van der Waals surface area contributed by atoms with Crippen LogP contribution in [-0.4, -0.2) is 47.9 Å². The minimum absolute atomic E-state index is 0.245. The van der Waals surface area contributed by atoms with Gasteiger partial charge in [-0.05, 0) is 23.8 Å². The summed E-state index contributed by atoms with van der Waals surface area (Å²) < 4.78 is 26.5. The topological polar surface area (TPSA) is 74.7 Å². The zero-order chi connectivity index (χ0) is 15.5. The van der Waals surface area contributed by atoms with Gasteiger partial charge in [0.1, 0.15) is 0 Å². The second kappa shape index (κ2) is 6.64. The zero-order valence-corrected chi connectivity index (χ0v) is 13.2. The number of rotatable bonds is 4. The van der Waals surface area contributed by atoms with Crippen LogP contribution in [-0.2, 0) is 14.8 Å². The Morgan fingerprint density at radius 1 is 1.38 bits per heavy atom. The number of aliphatic carboxylic acids is 1. The normalized spacial score (nSPS) is 20.7. The molecular formula is C14H17NO4S2. The van der Waals surface area contributed by atoms with Gasteiger partial charge in [0.2, 0.25) is 10.0 Å². The van der Waals surface area contributed by atoms with Gasteiger partial charge in [-0.2, -0.15) is 16.1 Å². The highest BCUT2D eigenvalue weighted by molar-refractivity contribution is 8.00. The van der Waals surface area contributed by atoms with Crippen LogP contribution in [0, 0.1) is 0 Å². The highest BCUT2D eigenvalue weighted by Gasteiger charge is 2.28. The van der Waals surface area contributed by atoms with Crippen LogP contribution < -0.4 is 0 Å². The predicted molar refractivity (Wildman–Crippen MR) is 83.8 cm³/mol. The fraction of sp³-hybridized carbons (Fsp3) is 0.357. The molecule has 1 N–H and O–H groups in total. The number of sulfonamides is 1. The summed E-state index contributed by atoms with van der Waals surface area (Å²) >= 11 is 1.77. The lowest BCUT2D eigenvalue weighted by molar-refractivity contribution is -0.131. The molecule has 0 aromatic heterocycles. The van der Waals surface area contributed by atoms with E-state index < -0.39 is 16.0 Å². The van der Waals surface area contributed by atoms with E-state index in [4.69, 9.17) is 5.11 Å². The molecule has 2 rings (SSSR count). The quantitative estimate of drug-likeness (QED) is 0.855. The van der Waals surface area contributed by atoms with E-state index in [0.29, 0.717) is 23.9 Å². The third-order valence-corrected chi connectivity index (χ3v) is 6.16. The van der Waals surface area contributed by atoms with Crippen molar-refractivity contribution in [1.29, 1.82) is 0 Å². The van der Waals surface area contributed by atoms with Crippen LogP contribution in [0.4, 0.5) is 0 Å². The van der Waals surface area contributed by atoms with E-state index in [1.165, 1.54) is 22.5 Å². The standard InChI is InChI=1S/C14H17NO4S2/c1-11-10-15(8-9-20-11)21(18,19)13-5-2-12(3-6-13)4-7-14(16)17/h2-7,11H,8-10H2,1H3,(H,16,17)/b7-4+. The van der Waals surface area contributed by atoms with Crippen molar-refractivity contribution in [3.8, 4) is 0 Å². The molecule has 1 aliphatic rings. The Labute approximate surface area is 128 Å². The zero-order valence-electron chi connectivity index (χ0n) is 11.6. The minimum atomic E-state index is -3.46. The molecule has 0 bridgehead atoms. The van der Waals surface area contributed by atoms with Crippen molar-refractivity contribution in [2.75, 3.05) is 18.8 Å². The molecule has 1 aromatic rings. The summed E-state index contributed by atoms with van der Waals surface area (Å²) in [7, 11) is -3.46. The van der Waals surface area contributed by atoms with Crippen molar-refractivity contribution in [3.05, 3.63) is 35.9 Å². The number of carbonyl (C=O) groups is 1. The predicted octanol–water partition coefficient (Wildman–Crippen LogP) is 1.91. The lowest BCUT2D eigenvalue weighted by Crippen LogP contribution is -2.40. The third-order valence-electron chi connectivity index (χ3n) is 3.14. The maximum absolute atomic E-state index is 12.5. The van der Waals surface area contributed by atoms with Gasteiger partial charge in [-0.15, -0.1) is 0 Å². The van der Waals surface area contributed by atoms with E-state index in [1.807, 2.05) is 6.92 Å². The van der Waals surface area contributed by atoms with Crippen LogP contribution in [0.1, 0.15) is 12.5 Å². The van der Waals surface area contributed by atoms with Gasteiger partial charge in [-0.3, -0.25) is 0 Å². The Kier molecular flexibility index (Phi) is 5.08. The Hall–Kier alpha value is -1.31. The van der Waals surface area contributed by atoms with Crippen molar-refractivity contribution in [2.24, 2.45) is 0 Å². The number of hydrogen-bond donors (Lipinski definition) is 1. The van der Waals surface area contributed by atoms with Crippen LogP contribution in [0.25, 0.3) is 6.08 Å². The lowest BCUT2D eigenvalue weighted by atomic mass is 10.2. The molecule has 0 spiro atoms. The number of thioether (sulfide) groups is 1. The van der Waals surface area contributed by atoms with Gasteiger partial charge in [0.05, 0.1) is 4.90 Å². The van der Waals surface area contributed by atoms with Crippen LogP contribution in [0.2, 0.25) is 0 Å². The summed E-state index contributed by atoms with van der Waals surface area (Å²) in [4.78, 5) is 10.7. The van der Waals surface area contributed by atoms with Crippen molar-refractivity contribution >= 4 is 33.8 Å². The average Bonchev–Trinajstić information content (AvgIpc) is 2.45. The van der Waals surface area contributed by atoms with E-state index in [0.717, 1.165) is 11.8 Å². The molecule has 7 heteroatoms.